The standard InChI is InChI=1S/C18H30N2S/c1-3-5-9-16(8-4-2)18-10-6-7-15-20(18)21-17-11-13-19-14-12-17/h11-14,16,18H,3-10,15H2,1-2H3. The van der Waals surface area contributed by atoms with Gasteiger partial charge in [0.2, 0.25) is 0 Å². The summed E-state index contributed by atoms with van der Waals surface area (Å²) in [6.45, 7) is 5.89. The molecule has 0 aliphatic carbocycles. The summed E-state index contributed by atoms with van der Waals surface area (Å²) in [5.74, 6) is 0.879. The van der Waals surface area contributed by atoms with Crippen molar-refractivity contribution in [3.8, 4) is 0 Å². The predicted octanol–water partition coefficient (Wildman–Crippen LogP) is 5.55. The summed E-state index contributed by atoms with van der Waals surface area (Å²) in [6.07, 6.45) is 14.8. The van der Waals surface area contributed by atoms with Gasteiger partial charge in [0, 0.05) is 29.9 Å². The first-order valence-electron chi connectivity index (χ1n) is 8.69. The minimum Gasteiger partial charge on any atom is -0.265 e. The molecule has 2 nitrogen and oxygen atoms in total. The monoisotopic (exact) mass is 306 g/mol. The molecule has 0 aromatic carbocycles. The Morgan fingerprint density at radius 2 is 2.00 bits per heavy atom. The lowest BCUT2D eigenvalue weighted by molar-refractivity contribution is 0.179. The van der Waals surface area contributed by atoms with E-state index in [0.29, 0.717) is 0 Å². The topological polar surface area (TPSA) is 16.1 Å². The van der Waals surface area contributed by atoms with E-state index in [1.807, 2.05) is 24.3 Å². The van der Waals surface area contributed by atoms with Crippen molar-refractivity contribution in [3.05, 3.63) is 24.5 Å². The molecule has 1 fully saturated rings. The number of hydrogen-bond donors (Lipinski definition) is 0. The number of pyridine rings is 1. The fourth-order valence-corrected chi connectivity index (χ4v) is 4.56. The highest BCUT2D eigenvalue weighted by Crippen LogP contribution is 2.36. The van der Waals surface area contributed by atoms with Crippen molar-refractivity contribution in [2.24, 2.45) is 5.92 Å². The highest BCUT2D eigenvalue weighted by Gasteiger charge is 2.29. The Bertz CT molecular complexity index is 382. The highest BCUT2D eigenvalue weighted by atomic mass is 32.2. The molecular weight excluding hydrogens is 276 g/mol. The van der Waals surface area contributed by atoms with Crippen molar-refractivity contribution in [2.45, 2.75) is 76.2 Å². The lowest BCUT2D eigenvalue weighted by Gasteiger charge is -2.39. The quantitative estimate of drug-likeness (QED) is 0.586. The average Bonchev–Trinajstić information content (AvgIpc) is 2.53. The number of piperidine rings is 1. The molecule has 1 saturated heterocycles. The van der Waals surface area contributed by atoms with Gasteiger partial charge in [-0.3, -0.25) is 4.98 Å². The molecule has 0 radical (unpaired) electrons. The zero-order valence-electron chi connectivity index (χ0n) is 13.6. The van der Waals surface area contributed by atoms with Gasteiger partial charge in [-0.15, -0.1) is 0 Å². The first-order valence-corrected chi connectivity index (χ1v) is 9.47. The Balaban J connectivity index is 2.02. The second-order valence-electron chi connectivity index (χ2n) is 6.17. The summed E-state index contributed by atoms with van der Waals surface area (Å²) in [7, 11) is 0. The molecule has 1 aromatic heterocycles. The van der Waals surface area contributed by atoms with E-state index >= 15 is 0 Å². The molecule has 118 valence electrons. The first-order chi connectivity index (χ1) is 10.3. The zero-order valence-corrected chi connectivity index (χ0v) is 14.4. The molecule has 21 heavy (non-hydrogen) atoms. The van der Waals surface area contributed by atoms with E-state index in [4.69, 9.17) is 0 Å². The van der Waals surface area contributed by atoms with Gasteiger partial charge in [0.05, 0.1) is 0 Å². The molecule has 1 aliphatic rings. The number of unbranched alkanes of at least 4 members (excludes halogenated alkanes) is 1. The van der Waals surface area contributed by atoms with Gasteiger partial charge in [-0.05, 0) is 55.7 Å². The maximum Gasteiger partial charge on any atom is 0.0279 e. The van der Waals surface area contributed by atoms with Crippen molar-refractivity contribution in [1.29, 1.82) is 0 Å². The normalized spacial score (nSPS) is 21.3. The lowest BCUT2D eigenvalue weighted by atomic mass is 9.85. The molecule has 1 aromatic rings. The minimum atomic E-state index is 0.767. The summed E-state index contributed by atoms with van der Waals surface area (Å²) in [5.41, 5.74) is 0. The van der Waals surface area contributed by atoms with Gasteiger partial charge in [-0.1, -0.05) is 39.5 Å². The summed E-state index contributed by atoms with van der Waals surface area (Å²) in [6, 6.07) is 5.04. The van der Waals surface area contributed by atoms with Crippen LogP contribution < -0.4 is 0 Å². The Kier molecular flexibility index (Phi) is 7.59. The number of aromatic nitrogens is 1. The van der Waals surface area contributed by atoms with Crippen LogP contribution in [0.15, 0.2) is 29.4 Å². The van der Waals surface area contributed by atoms with Crippen LogP contribution >= 0.6 is 11.9 Å². The molecule has 0 bridgehead atoms. The average molecular weight is 307 g/mol. The molecule has 2 rings (SSSR count). The molecule has 2 atom stereocenters. The van der Waals surface area contributed by atoms with Gasteiger partial charge < -0.3 is 0 Å². The molecule has 2 unspecified atom stereocenters. The molecule has 2 heterocycles. The van der Waals surface area contributed by atoms with Crippen LogP contribution in [0, 0.1) is 5.92 Å². The van der Waals surface area contributed by atoms with Gasteiger partial charge in [0.15, 0.2) is 0 Å². The van der Waals surface area contributed by atoms with E-state index in [-0.39, 0.29) is 0 Å². The van der Waals surface area contributed by atoms with Crippen LogP contribution in [0.1, 0.15) is 65.2 Å². The molecule has 0 saturated carbocycles. The second-order valence-corrected chi connectivity index (χ2v) is 7.29. The van der Waals surface area contributed by atoms with Crippen molar-refractivity contribution in [3.63, 3.8) is 0 Å². The molecule has 3 heteroatoms. The Morgan fingerprint density at radius 1 is 1.19 bits per heavy atom. The largest absolute Gasteiger partial charge is 0.265 e. The van der Waals surface area contributed by atoms with Crippen LogP contribution in [-0.4, -0.2) is 21.9 Å². The van der Waals surface area contributed by atoms with Gasteiger partial charge in [0.1, 0.15) is 0 Å². The van der Waals surface area contributed by atoms with E-state index in [0.717, 1.165) is 12.0 Å². The van der Waals surface area contributed by atoms with Crippen LogP contribution in [0.2, 0.25) is 0 Å². The Hall–Kier alpha value is -0.540. The van der Waals surface area contributed by atoms with Crippen LogP contribution in [-0.2, 0) is 0 Å². The second kappa shape index (κ2) is 9.47. The van der Waals surface area contributed by atoms with Crippen molar-refractivity contribution >= 4 is 11.9 Å². The maximum atomic E-state index is 4.13. The van der Waals surface area contributed by atoms with E-state index in [9.17, 15) is 0 Å². The number of hydrogen-bond acceptors (Lipinski definition) is 3. The third kappa shape index (κ3) is 5.30. The summed E-state index contributed by atoms with van der Waals surface area (Å²) >= 11 is 1.95. The minimum absolute atomic E-state index is 0.767. The molecule has 0 amide bonds. The van der Waals surface area contributed by atoms with E-state index in [2.05, 4.69) is 35.3 Å². The SMILES string of the molecule is CCCCC(CCC)C1CCCCN1Sc1ccncc1. The summed E-state index contributed by atoms with van der Waals surface area (Å²) in [5, 5.41) is 0. The fraction of sp³-hybridized carbons (Fsp3) is 0.722. The summed E-state index contributed by atoms with van der Waals surface area (Å²) in [4.78, 5) is 5.47. The fourth-order valence-electron chi connectivity index (χ4n) is 3.42. The van der Waals surface area contributed by atoms with Crippen LogP contribution in [0.25, 0.3) is 0 Å². The Labute approximate surface area is 134 Å². The van der Waals surface area contributed by atoms with E-state index in [1.54, 1.807) is 0 Å². The zero-order chi connectivity index (χ0) is 14.9. The molecule has 0 spiro atoms. The Morgan fingerprint density at radius 3 is 2.71 bits per heavy atom. The van der Waals surface area contributed by atoms with Crippen LogP contribution in [0.5, 0.6) is 0 Å². The molecular formula is C18H30N2S. The van der Waals surface area contributed by atoms with E-state index in [1.165, 1.54) is 62.8 Å². The number of nitrogens with zero attached hydrogens (tertiary/aromatic N) is 2. The smallest absolute Gasteiger partial charge is 0.0279 e. The first kappa shape index (κ1) is 16.8. The van der Waals surface area contributed by atoms with Gasteiger partial charge >= 0.3 is 0 Å². The lowest BCUT2D eigenvalue weighted by Crippen LogP contribution is -2.40. The van der Waals surface area contributed by atoms with Crippen LogP contribution in [0.4, 0.5) is 0 Å². The maximum absolute atomic E-state index is 4.13. The van der Waals surface area contributed by atoms with Crippen molar-refractivity contribution in [1.82, 2.24) is 9.29 Å². The van der Waals surface area contributed by atoms with Gasteiger partial charge in [0.25, 0.3) is 0 Å². The third-order valence-corrected chi connectivity index (χ3v) is 5.67. The number of rotatable bonds is 8. The van der Waals surface area contributed by atoms with Gasteiger partial charge in [-0.2, -0.15) is 0 Å². The van der Waals surface area contributed by atoms with E-state index < -0.39 is 0 Å². The summed E-state index contributed by atoms with van der Waals surface area (Å²) < 4.78 is 2.68. The molecule has 1 aliphatic heterocycles. The van der Waals surface area contributed by atoms with Crippen molar-refractivity contribution < 1.29 is 0 Å². The van der Waals surface area contributed by atoms with Gasteiger partial charge in [-0.25, -0.2) is 4.31 Å². The molecule has 0 N–H and O–H groups in total. The predicted molar refractivity (Wildman–Crippen MR) is 92.4 cm³/mol. The third-order valence-electron chi connectivity index (χ3n) is 4.50. The van der Waals surface area contributed by atoms with Crippen LogP contribution in [0.3, 0.4) is 0 Å². The highest BCUT2D eigenvalue weighted by molar-refractivity contribution is 7.97. The van der Waals surface area contributed by atoms with Crippen molar-refractivity contribution in [2.75, 3.05) is 6.54 Å².